The molecule has 0 fully saturated rings. The fourth-order valence-corrected chi connectivity index (χ4v) is 4.24. The van der Waals surface area contributed by atoms with Gasteiger partial charge in [-0.3, -0.25) is 4.98 Å². The van der Waals surface area contributed by atoms with Crippen LogP contribution in [0.15, 0.2) is 53.0 Å². The fourth-order valence-electron chi connectivity index (χ4n) is 2.87. The van der Waals surface area contributed by atoms with Gasteiger partial charge in [0.2, 0.25) is 0 Å². The SMILES string of the molecule is CC(C)(C)S(=O)NC[C@@H](c1cc(F)cc(F)c1)c1nc2ccccc2cc1Br. The van der Waals surface area contributed by atoms with Crippen molar-refractivity contribution < 1.29 is 13.0 Å². The van der Waals surface area contributed by atoms with Crippen molar-refractivity contribution >= 4 is 37.8 Å². The average Bonchev–Trinajstić information content (AvgIpc) is 2.60. The number of aromatic nitrogens is 1. The van der Waals surface area contributed by atoms with Crippen molar-refractivity contribution in [3.05, 3.63) is 75.9 Å². The van der Waals surface area contributed by atoms with E-state index in [1.54, 1.807) is 0 Å². The van der Waals surface area contributed by atoms with Gasteiger partial charge in [-0.2, -0.15) is 0 Å². The molecule has 1 heterocycles. The summed E-state index contributed by atoms with van der Waals surface area (Å²) < 4.78 is 43.5. The van der Waals surface area contributed by atoms with Crippen LogP contribution in [0, 0.1) is 11.6 Å². The lowest BCUT2D eigenvalue weighted by Crippen LogP contribution is -2.36. The van der Waals surface area contributed by atoms with Crippen LogP contribution in [0.3, 0.4) is 0 Å². The zero-order valence-corrected chi connectivity index (χ0v) is 18.2. The van der Waals surface area contributed by atoms with E-state index in [1.165, 1.54) is 12.1 Å². The van der Waals surface area contributed by atoms with Gasteiger partial charge in [-0.25, -0.2) is 17.7 Å². The molecule has 0 aliphatic rings. The lowest BCUT2D eigenvalue weighted by Gasteiger charge is -2.23. The van der Waals surface area contributed by atoms with E-state index < -0.39 is 33.3 Å². The van der Waals surface area contributed by atoms with E-state index in [0.29, 0.717) is 11.3 Å². The summed E-state index contributed by atoms with van der Waals surface area (Å²) in [4.78, 5) is 4.72. The third-order valence-electron chi connectivity index (χ3n) is 4.30. The lowest BCUT2D eigenvalue weighted by atomic mass is 9.94. The predicted molar refractivity (Wildman–Crippen MR) is 114 cm³/mol. The van der Waals surface area contributed by atoms with Crippen molar-refractivity contribution in [2.45, 2.75) is 31.4 Å². The number of hydrogen-bond acceptors (Lipinski definition) is 2. The number of rotatable bonds is 5. The van der Waals surface area contributed by atoms with Crippen LogP contribution in [0.2, 0.25) is 0 Å². The number of benzene rings is 2. The molecule has 2 aromatic carbocycles. The molecule has 0 amide bonds. The quantitative estimate of drug-likeness (QED) is 0.542. The van der Waals surface area contributed by atoms with Gasteiger partial charge < -0.3 is 0 Å². The minimum absolute atomic E-state index is 0.219. The molecule has 3 rings (SSSR count). The molecule has 0 saturated heterocycles. The number of nitrogens with one attached hydrogen (secondary N) is 1. The maximum absolute atomic E-state index is 13.9. The molecule has 1 unspecified atom stereocenters. The van der Waals surface area contributed by atoms with Gasteiger partial charge in [-0.15, -0.1) is 0 Å². The Labute approximate surface area is 174 Å². The summed E-state index contributed by atoms with van der Waals surface area (Å²) in [5.41, 5.74) is 1.83. The Balaban J connectivity index is 2.07. The first-order chi connectivity index (χ1) is 13.1. The Bertz CT molecular complexity index is 1020. The maximum atomic E-state index is 13.9. The highest BCUT2D eigenvalue weighted by atomic mass is 79.9. The Kier molecular flexibility index (Phi) is 6.27. The molecule has 148 valence electrons. The molecule has 1 N–H and O–H groups in total. The second kappa shape index (κ2) is 8.35. The molecule has 3 nitrogen and oxygen atoms in total. The summed E-state index contributed by atoms with van der Waals surface area (Å²) in [6, 6.07) is 13.0. The zero-order valence-electron chi connectivity index (χ0n) is 15.8. The van der Waals surface area contributed by atoms with Crippen LogP contribution in [0.1, 0.15) is 37.9 Å². The molecule has 0 spiro atoms. The Morgan fingerprint density at radius 1 is 1.11 bits per heavy atom. The number of pyridine rings is 1. The Morgan fingerprint density at radius 3 is 2.39 bits per heavy atom. The van der Waals surface area contributed by atoms with Crippen molar-refractivity contribution in [2.75, 3.05) is 6.54 Å². The van der Waals surface area contributed by atoms with Gasteiger partial charge in [-0.1, -0.05) is 18.2 Å². The van der Waals surface area contributed by atoms with Gasteiger partial charge in [-0.05, 0) is 66.5 Å². The van der Waals surface area contributed by atoms with E-state index >= 15 is 0 Å². The Hall–Kier alpha value is -1.70. The molecule has 0 aliphatic carbocycles. The van der Waals surface area contributed by atoms with Crippen LogP contribution in [0.5, 0.6) is 0 Å². The molecular formula is C21H21BrF2N2OS. The minimum Gasteiger partial charge on any atom is -0.251 e. The standard InChI is InChI=1S/C21H21BrF2N2OS/c1-21(2,3)28(27)25-12-17(14-8-15(23)11-16(24)9-14)20-18(22)10-13-6-4-5-7-19(13)26-20/h4-11,17,25H,12H2,1-3H3/t17-,28?/m0/s1. The molecule has 1 aromatic heterocycles. The zero-order chi connectivity index (χ0) is 20.5. The van der Waals surface area contributed by atoms with Crippen LogP contribution < -0.4 is 4.72 Å². The number of nitrogens with zero attached hydrogens (tertiary/aromatic N) is 1. The summed E-state index contributed by atoms with van der Waals surface area (Å²) in [5, 5.41) is 0.952. The van der Waals surface area contributed by atoms with Crippen molar-refractivity contribution in [3.8, 4) is 0 Å². The maximum Gasteiger partial charge on any atom is 0.126 e. The fraction of sp³-hybridized carbons (Fsp3) is 0.286. The molecule has 3 aromatic rings. The summed E-state index contributed by atoms with van der Waals surface area (Å²) in [5.74, 6) is -1.81. The topological polar surface area (TPSA) is 42.0 Å². The van der Waals surface area contributed by atoms with Crippen molar-refractivity contribution in [3.63, 3.8) is 0 Å². The van der Waals surface area contributed by atoms with Crippen LogP contribution in [-0.2, 0) is 11.0 Å². The molecule has 0 saturated carbocycles. The highest BCUT2D eigenvalue weighted by molar-refractivity contribution is 9.10. The van der Waals surface area contributed by atoms with E-state index in [4.69, 9.17) is 4.98 Å². The molecular weight excluding hydrogens is 446 g/mol. The van der Waals surface area contributed by atoms with Gasteiger partial charge in [0.1, 0.15) is 11.6 Å². The smallest absolute Gasteiger partial charge is 0.126 e. The third kappa shape index (κ3) is 4.82. The van der Waals surface area contributed by atoms with E-state index in [1.807, 2.05) is 51.1 Å². The predicted octanol–water partition coefficient (Wildman–Crippen LogP) is 5.46. The Morgan fingerprint density at radius 2 is 1.75 bits per heavy atom. The van der Waals surface area contributed by atoms with Crippen molar-refractivity contribution in [1.29, 1.82) is 0 Å². The second-order valence-electron chi connectivity index (χ2n) is 7.53. The normalized spacial score (nSPS) is 14.2. The van der Waals surface area contributed by atoms with E-state index in [9.17, 15) is 13.0 Å². The summed E-state index contributed by atoms with van der Waals surface area (Å²) in [6.07, 6.45) is 0. The van der Waals surface area contributed by atoms with Gasteiger partial charge in [0.15, 0.2) is 0 Å². The average molecular weight is 467 g/mol. The van der Waals surface area contributed by atoms with E-state index in [0.717, 1.165) is 21.4 Å². The van der Waals surface area contributed by atoms with Gasteiger partial charge in [0, 0.05) is 28.4 Å². The first-order valence-electron chi connectivity index (χ1n) is 8.81. The monoisotopic (exact) mass is 466 g/mol. The first-order valence-corrected chi connectivity index (χ1v) is 10.8. The largest absolute Gasteiger partial charge is 0.251 e. The van der Waals surface area contributed by atoms with Crippen molar-refractivity contribution in [2.24, 2.45) is 0 Å². The highest BCUT2D eigenvalue weighted by Crippen LogP contribution is 2.32. The molecule has 0 bridgehead atoms. The van der Waals surface area contributed by atoms with Crippen LogP contribution in [0.4, 0.5) is 8.78 Å². The number of para-hydroxylation sites is 1. The molecule has 2 atom stereocenters. The van der Waals surface area contributed by atoms with Crippen LogP contribution >= 0.6 is 15.9 Å². The number of halogens is 3. The third-order valence-corrected chi connectivity index (χ3v) is 6.47. The molecule has 0 radical (unpaired) electrons. The lowest BCUT2D eigenvalue weighted by molar-refractivity contribution is 0.574. The highest BCUT2D eigenvalue weighted by Gasteiger charge is 2.25. The van der Waals surface area contributed by atoms with E-state index in [2.05, 4.69) is 20.7 Å². The molecule has 0 aliphatic heterocycles. The number of hydrogen-bond donors (Lipinski definition) is 1. The second-order valence-corrected chi connectivity index (χ2v) is 10.4. The number of fused-ring (bicyclic) bond motifs is 1. The van der Waals surface area contributed by atoms with Crippen LogP contribution in [-0.4, -0.2) is 20.5 Å². The molecule has 28 heavy (non-hydrogen) atoms. The summed E-state index contributed by atoms with van der Waals surface area (Å²) in [7, 11) is -1.33. The summed E-state index contributed by atoms with van der Waals surface area (Å²) >= 11 is 3.55. The van der Waals surface area contributed by atoms with Gasteiger partial charge >= 0.3 is 0 Å². The first kappa shape index (κ1) is 21.0. The summed E-state index contributed by atoms with van der Waals surface area (Å²) in [6.45, 7) is 5.79. The molecule has 7 heteroatoms. The van der Waals surface area contributed by atoms with Gasteiger partial charge in [0.05, 0.1) is 26.9 Å². The van der Waals surface area contributed by atoms with Gasteiger partial charge in [0.25, 0.3) is 0 Å². The van der Waals surface area contributed by atoms with E-state index in [-0.39, 0.29) is 6.54 Å². The van der Waals surface area contributed by atoms with Crippen molar-refractivity contribution in [1.82, 2.24) is 9.71 Å². The minimum atomic E-state index is -1.33. The van der Waals surface area contributed by atoms with Crippen LogP contribution in [0.25, 0.3) is 10.9 Å².